The summed E-state index contributed by atoms with van der Waals surface area (Å²) < 4.78 is 0. The van der Waals surface area contributed by atoms with Gasteiger partial charge in [-0.05, 0) is 42.0 Å². The molecule has 1 heterocycles. The van der Waals surface area contributed by atoms with E-state index in [1.54, 1.807) is 36.4 Å². The minimum atomic E-state index is -0.488. The van der Waals surface area contributed by atoms with E-state index in [1.807, 2.05) is 0 Å². The fourth-order valence-corrected chi connectivity index (χ4v) is 2.28. The van der Waals surface area contributed by atoms with E-state index in [2.05, 4.69) is 5.43 Å². The van der Waals surface area contributed by atoms with Crippen LogP contribution in [0.25, 0.3) is 6.08 Å². The maximum absolute atomic E-state index is 12.4. The van der Waals surface area contributed by atoms with Gasteiger partial charge in [-0.15, -0.1) is 0 Å². The van der Waals surface area contributed by atoms with Gasteiger partial charge >= 0.3 is 0 Å². The quantitative estimate of drug-likeness (QED) is 0.661. The van der Waals surface area contributed by atoms with Gasteiger partial charge in [-0.25, -0.2) is 5.01 Å². The smallest absolute Gasteiger partial charge is 0.282 e. The molecule has 2 aromatic rings. The summed E-state index contributed by atoms with van der Waals surface area (Å²) in [6.07, 6.45) is 1.47. The molecule has 2 amide bonds. The number of hydrogen-bond acceptors (Lipinski definition) is 3. The number of rotatable bonds is 2. The first-order valence-electron chi connectivity index (χ1n) is 6.46. The molecule has 0 radical (unpaired) electrons. The Hall–Kier alpha value is -2.79. The topological polar surface area (TPSA) is 69.6 Å². The second kappa shape index (κ2) is 5.54. The third-order valence-corrected chi connectivity index (χ3v) is 3.40. The summed E-state index contributed by atoms with van der Waals surface area (Å²) >= 11 is 5.90. The molecule has 0 atom stereocenters. The van der Waals surface area contributed by atoms with Gasteiger partial charge in [0.15, 0.2) is 0 Å². The molecule has 1 fully saturated rings. The largest absolute Gasteiger partial charge is 0.508 e. The Morgan fingerprint density at radius 2 is 1.82 bits per heavy atom. The lowest BCUT2D eigenvalue weighted by Crippen LogP contribution is -2.35. The first-order valence-corrected chi connectivity index (χ1v) is 6.84. The number of hydrogen-bond donors (Lipinski definition) is 2. The van der Waals surface area contributed by atoms with Crippen LogP contribution in [0.5, 0.6) is 5.75 Å². The summed E-state index contributed by atoms with van der Waals surface area (Å²) in [7, 11) is 0. The van der Waals surface area contributed by atoms with E-state index in [4.69, 9.17) is 11.6 Å². The number of amides is 2. The lowest BCUT2D eigenvalue weighted by Gasteiger charge is -2.14. The molecule has 3 rings (SSSR count). The standard InChI is InChI=1S/C16H11ClN2O3/c17-11-2-1-3-12(9-11)19-16(22)14(15(21)18-19)8-10-4-6-13(20)7-5-10/h1-9,20H,(H,18,21)/b14-8-. The molecule has 0 aromatic heterocycles. The predicted octanol–water partition coefficient (Wildman–Crippen LogP) is 2.51. The highest BCUT2D eigenvalue weighted by atomic mass is 35.5. The van der Waals surface area contributed by atoms with E-state index in [0.29, 0.717) is 16.3 Å². The number of aromatic hydroxyl groups is 1. The number of carbonyl (C=O) groups excluding carboxylic acids is 2. The van der Waals surface area contributed by atoms with Crippen molar-refractivity contribution in [1.82, 2.24) is 5.43 Å². The molecule has 0 saturated carbocycles. The van der Waals surface area contributed by atoms with Gasteiger partial charge in [-0.2, -0.15) is 0 Å². The first kappa shape index (κ1) is 14.2. The second-order valence-electron chi connectivity index (χ2n) is 4.71. The maximum atomic E-state index is 12.4. The van der Waals surface area contributed by atoms with Gasteiger partial charge in [0.05, 0.1) is 5.69 Å². The summed E-state index contributed by atoms with van der Waals surface area (Å²) in [5.41, 5.74) is 3.65. The molecule has 1 aliphatic heterocycles. The van der Waals surface area contributed by atoms with Crippen molar-refractivity contribution in [2.75, 3.05) is 5.01 Å². The summed E-state index contributed by atoms with van der Waals surface area (Å²) in [6.45, 7) is 0. The zero-order valence-electron chi connectivity index (χ0n) is 11.3. The number of carbonyl (C=O) groups is 2. The highest BCUT2D eigenvalue weighted by Crippen LogP contribution is 2.24. The number of phenolic OH excluding ortho intramolecular Hbond substituents is 1. The molecule has 0 aliphatic carbocycles. The Kier molecular flexibility index (Phi) is 3.56. The van der Waals surface area contributed by atoms with Crippen LogP contribution >= 0.6 is 11.6 Å². The molecule has 0 spiro atoms. The van der Waals surface area contributed by atoms with Gasteiger partial charge in [-0.1, -0.05) is 29.8 Å². The molecular formula is C16H11ClN2O3. The van der Waals surface area contributed by atoms with Gasteiger partial charge in [0.1, 0.15) is 11.3 Å². The Balaban J connectivity index is 1.93. The number of phenols is 1. The van der Waals surface area contributed by atoms with Crippen LogP contribution in [-0.2, 0) is 9.59 Å². The molecule has 2 aromatic carbocycles. The maximum Gasteiger partial charge on any atom is 0.282 e. The lowest BCUT2D eigenvalue weighted by atomic mass is 10.1. The highest BCUT2D eigenvalue weighted by Gasteiger charge is 2.34. The van der Waals surface area contributed by atoms with Crippen LogP contribution in [0.4, 0.5) is 5.69 Å². The highest BCUT2D eigenvalue weighted by molar-refractivity contribution is 6.33. The van der Waals surface area contributed by atoms with Crippen molar-refractivity contribution in [3.8, 4) is 5.75 Å². The molecule has 0 bridgehead atoms. The number of hydrazine groups is 1. The van der Waals surface area contributed by atoms with Crippen molar-refractivity contribution >= 4 is 35.2 Å². The van der Waals surface area contributed by atoms with Crippen LogP contribution in [0.15, 0.2) is 54.1 Å². The molecule has 5 nitrogen and oxygen atoms in total. The minimum absolute atomic E-state index is 0.0191. The van der Waals surface area contributed by atoms with Gasteiger partial charge in [0.25, 0.3) is 11.8 Å². The van der Waals surface area contributed by atoms with Gasteiger partial charge in [0.2, 0.25) is 0 Å². The summed E-state index contributed by atoms with van der Waals surface area (Å²) in [6, 6.07) is 12.8. The predicted molar refractivity (Wildman–Crippen MR) is 83.2 cm³/mol. The molecule has 1 saturated heterocycles. The molecule has 0 unspecified atom stereocenters. The zero-order chi connectivity index (χ0) is 15.7. The third-order valence-electron chi connectivity index (χ3n) is 3.16. The molecule has 2 N–H and O–H groups in total. The van der Waals surface area contributed by atoms with Crippen molar-refractivity contribution in [1.29, 1.82) is 0 Å². The van der Waals surface area contributed by atoms with Crippen LogP contribution in [0.1, 0.15) is 5.56 Å². The van der Waals surface area contributed by atoms with Crippen molar-refractivity contribution in [2.24, 2.45) is 0 Å². The van der Waals surface area contributed by atoms with Crippen molar-refractivity contribution < 1.29 is 14.7 Å². The van der Waals surface area contributed by atoms with Crippen LogP contribution < -0.4 is 10.4 Å². The van der Waals surface area contributed by atoms with Gasteiger partial charge in [0, 0.05) is 5.02 Å². The molecule has 1 aliphatic rings. The Morgan fingerprint density at radius 3 is 2.50 bits per heavy atom. The van der Waals surface area contributed by atoms with E-state index in [9.17, 15) is 14.7 Å². The van der Waals surface area contributed by atoms with Crippen LogP contribution in [0.2, 0.25) is 5.02 Å². The van der Waals surface area contributed by atoms with E-state index in [1.165, 1.54) is 18.2 Å². The normalized spacial score (nSPS) is 16.2. The van der Waals surface area contributed by atoms with E-state index < -0.39 is 11.8 Å². The Bertz CT molecular complexity index is 784. The van der Waals surface area contributed by atoms with Crippen molar-refractivity contribution in [3.05, 3.63) is 64.7 Å². The van der Waals surface area contributed by atoms with Crippen LogP contribution in [-0.4, -0.2) is 16.9 Å². The molecular weight excluding hydrogens is 304 g/mol. The SMILES string of the molecule is O=C1NN(c2cccc(Cl)c2)C(=O)/C1=C\c1ccc(O)cc1. The Morgan fingerprint density at radius 1 is 1.09 bits per heavy atom. The Labute approximate surface area is 131 Å². The average Bonchev–Trinajstić information content (AvgIpc) is 2.77. The summed E-state index contributed by atoms with van der Waals surface area (Å²) in [4.78, 5) is 24.4. The number of anilines is 1. The van der Waals surface area contributed by atoms with Crippen molar-refractivity contribution in [2.45, 2.75) is 0 Å². The first-order chi connectivity index (χ1) is 10.5. The van der Waals surface area contributed by atoms with E-state index in [0.717, 1.165) is 5.01 Å². The number of benzene rings is 2. The fraction of sp³-hybridized carbons (Fsp3) is 0. The number of nitrogens with one attached hydrogen (secondary N) is 1. The zero-order valence-corrected chi connectivity index (χ0v) is 12.0. The summed E-state index contributed by atoms with van der Waals surface area (Å²) in [5, 5.41) is 10.9. The van der Waals surface area contributed by atoms with Crippen LogP contribution in [0, 0.1) is 0 Å². The van der Waals surface area contributed by atoms with E-state index in [-0.39, 0.29) is 11.3 Å². The minimum Gasteiger partial charge on any atom is -0.508 e. The molecule has 6 heteroatoms. The van der Waals surface area contributed by atoms with Crippen LogP contribution in [0.3, 0.4) is 0 Å². The van der Waals surface area contributed by atoms with Crippen molar-refractivity contribution in [3.63, 3.8) is 0 Å². The lowest BCUT2D eigenvalue weighted by molar-refractivity contribution is -0.117. The average molecular weight is 315 g/mol. The fourth-order valence-electron chi connectivity index (χ4n) is 2.09. The molecule has 22 heavy (non-hydrogen) atoms. The molecule has 110 valence electrons. The monoisotopic (exact) mass is 314 g/mol. The number of nitrogens with zero attached hydrogens (tertiary/aromatic N) is 1. The number of halogens is 1. The van der Waals surface area contributed by atoms with Gasteiger partial charge in [-0.3, -0.25) is 15.0 Å². The van der Waals surface area contributed by atoms with Gasteiger partial charge < -0.3 is 5.11 Å². The van der Waals surface area contributed by atoms with E-state index >= 15 is 0 Å². The summed E-state index contributed by atoms with van der Waals surface area (Å²) in [5.74, 6) is -0.830. The third kappa shape index (κ3) is 2.66. The second-order valence-corrected chi connectivity index (χ2v) is 5.15.